The number of nitrogens with zero attached hydrogens (tertiary/aromatic N) is 1. The number of rotatable bonds is 12. The van der Waals surface area contributed by atoms with Gasteiger partial charge in [-0.2, -0.15) is 0 Å². The molecule has 0 unspecified atom stereocenters. The lowest BCUT2D eigenvalue weighted by Crippen LogP contribution is -2.37. The quantitative estimate of drug-likeness (QED) is 0.215. The average molecular weight is 465 g/mol. The molecule has 0 bridgehead atoms. The van der Waals surface area contributed by atoms with Gasteiger partial charge in [-0.05, 0) is 25.8 Å². The minimum absolute atomic E-state index is 0. The second-order valence-electron chi connectivity index (χ2n) is 5.25. The molecule has 7 heteroatoms. The number of aliphatic imine (C=N–C) groups is 1. The van der Waals surface area contributed by atoms with Gasteiger partial charge in [0.25, 0.3) is 0 Å². The molecule has 0 amide bonds. The van der Waals surface area contributed by atoms with Crippen LogP contribution in [0.2, 0.25) is 0 Å². The van der Waals surface area contributed by atoms with Crippen molar-refractivity contribution in [2.75, 3.05) is 47.1 Å². The number of ether oxygens (including phenoxy) is 3. The van der Waals surface area contributed by atoms with Crippen LogP contribution in [0.4, 0.5) is 0 Å². The van der Waals surface area contributed by atoms with Crippen LogP contribution in [0.3, 0.4) is 0 Å². The molecule has 1 aromatic carbocycles. The highest BCUT2D eigenvalue weighted by atomic mass is 127. The summed E-state index contributed by atoms with van der Waals surface area (Å²) in [5.74, 6) is 1.69. The van der Waals surface area contributed by atoms with Crippen molar-refractivity contribution in [2.45, 2.75) is 26.3 Å². The zero-order chi connectivity index (χ0) is 17.5. The molecule has 0 aliphatic heterocycles. The predicted molar refractivity (Wildman–Crippen MR) is 113 cm³/mol. The fourth-order valence-electron chi connectivity index (χ4n) is 2.12. The SMILES string of the molecule is CCNC(=NCc1ccccc1OC)NCCCCOCCOC.I. The predicted octanol–water partition coefficient (Wildman–Crippen LogP) is 2.81. The molecular formula is C18H32IN3O3. The third kappa shape index (κ3) is 11.2. The van der Waals surface area contributed by atoms with Crippen molar-refractivity contribution in [3.63, 3.8) is 0 Å². The standard InChI is InChI=1S/C18H31N3O3.HI/c1-4-19-18(20-11-7-8-12-24-14-13-22-2)21-15-16-9-5-6-10-17(16)23-3;/h5-6,9-10H,4,7-8,11-15H2,1-3H3,(H2,19,20,21);1H. The minimum Gasteiger partial charge on any atom is -0.496 e. The fraction of sp³-hybridized carbons (Fsp3) is 0.611. The van der Waals surface area contributed by atoms with Crippen LogP contribution < -0.4 is 15.4 Å². The second-order valence-corrected chi connectivity index (χ2v) is 5.25. The molecule has 0 atom stereocenters. The Morgan fingerprint density at radius 2 is 1.84 bits per heavy atom. The molecule has 0 saturated heterocycles. The molecule has 0 spiro atoms. The van der Waals surface area contributed by atoms with E-state index in [2.05, 4.69) is 22.5 Å². The van der Waals surface area contributed by atoms with Gasteiger partial charge in [-0.1, -0.05) is 18.2 Å². The van der Waals surface area contributed by atoms with Gasteiger partial charge in [0.1, 0.15) is 5.75 Å². The molecule has 25 heavy (non-hydrogen) atoms. The summed E-state index contributed by atoms with van der Waals surface area (Å²) in [6, 6.07) is 7.94. The Balaban J connectivity index is 0.00000576. The van der Waals surface area contributed by atoms with Crippen LogP contribution in [0.25, 0.3) is 0 Å². The van der Waals surface area contributed by atoms with E-state index in [-0.39, 0.29) is 24.0 Å². The van der Waals surface area contributed by atoms with Gasteiger partial charge in [0.15, 0.2) is 5.96 Å². The van der Waals surface area contributed by atoms with Crippen molar-refractivity contribution in [1.29, 1.82) is 0 Å². The zero-order valence-electron chi connectivity index (χ0n) is 15.5. The first-order valence-electron chi connectivity index (χ1n) is 8.52. The Bertz CT molecular complexity index is 473. The van der Waals surface area contributed by atoms with Crippen LogP contribution in [0.15, 0.2) is 29.3 Å². The third-order valence-corrected chi connectivity index (χ3v) is 3.38. The van der Waals surface area contributed by atoms with Gasteiger partial charge in [-0.15, -0.1) is 24.0 Å². The molecular weight excluding hydrogens is 433 g/mol. The molecule has 0 fully saturated rings. The van der Waals surface area contributed by atoms with E-state index >= 15 is 0 Å². The molecule has 0 aliphatic rings. The lowest BCUT2D eigenvalue weighted by molar-refractivity contribution is 0.0689. The van der Waals surface area contributed by atoms with E-state index < -0.39 is 0 Å². The molecule has 0 aromatic heterocycles. The van der Waals surface area contributed by atoms with Crippen molar-refractivity contribution in [2.24, 2.45) is 4.99 Å². The van der Waals surface area contributed by atoms with Crippen LogP contribution in [-0.2, 0) is 16.0 Å². The van der Waals surface area contributed by atoms with Crippen molar-refractivity contribution < 1.29 is 14.2 Å². The number of para-hydroxylation sites is 1. The second kappa shape index (κ2) is 16.4. The Morgan fingerprint density at radius 1 is 1.04 bits per heavy atom. The Morgan fingerprint density at radius 3 is 2.56 bits per heavy atom. The first-order chi connectivity index (χ1) is 11.8. The Hall–Kier alpha value is -1.06. The van der Waals surface area contributed by atoms with E-state index in [1.165, 1.54) is 0 Å². The van der Waals surface area contributed by atoms with Crippen LogP contribution >= 0.6 is 24.0 Å². The number of hydrogen-bond donors (Lipinski definition) is 2. The van der Waals surface area contributed by atoms with Gasteiger partial charge in [0.2, 0.25) is 0 Å². The topological polar surface area (TPSA) is 64.1 Å². The van der Waals surface area contributed by atoms with Crippen molar-refractivity contribution in [1.82, 2.24) is 10.6 Å². The Kier molecular flexibility index (Phi) is 15.7. The van der Waals surface area contributed by atoms with Gasteiger partial charge in [0, 0.05) is 32.4 Å². The highest BCUT2D eigenvalue weighted by Gasteiger charge is 2.02. The van der Waals surface area contributed by atoms with E-state index in [0.29, 0.717) is 19.8 Å². The van der Waals surface area contributed by atoms with Crippen LogP contribution in [0.1, 0.15) is 25.3 Å². The highest BCUT2D eigenvalue weighted by molar-refractivity contribution is 14.0. The molecule has 0 heterocycles. The summed E-state index contributed by atoms with van der Waals surface area (Å²) in [5, 5.41) is 6.61. The van der Waals surface area contributed by atoms with Gasteiger partial charge >= 0.3 is 0 Å². The summed E-state index contributed by atoms with van der Waals surface area (Å²) in [6.07, 6.45) is 2.05. The maximum Gasteiger partial charge on any atom is 0.191 e. The Labute approximate surface area is 168 Å². The lowest BCUT2D eigenvalue weighted by Gasteiger charge is -2.12. The lowest BCUT2D eigenvalue weighted by atomic mass is 10.2. The van der Waals surface area contributed by atoms with Gasteiger partial charge in [-0.25, -0.2) is 4.99 Å². The van der Waals surface area contributed by atoms with E-state index in [4.69, 9.17) is 14.2 Å². The summed E-state index contributed by atoms with van der Waals surface area (Å²) in [4.78, 5) is 4.62. The summed E-state index contributed by atoms with van der Waals surface area (Å²) in [7, 11) is 3.36. The number of methoxy groups -OCH3 is 2. The largest absolute Gasteiger partial charge is 0.496 e. The van der Waals surface area contributed by atoms with Gasteiger partial charge < -0.3 is 24.8 Å². The number of hydrogen-bond acceptors (Lipinski definition) is 4. The summed E-state index contributed by atoms with van der Waals surface area (Å²) >= 11 is 0. The third-order valence-electron chi connectivity index (χ3n) is 3.38. The first-order valence-corrected chi connectivity index (χ1v) is 8.52. The summed E-state index contributed by atoms with van der Waals surface area (Å²) in [5.41, 5.74) is 1.07. The number of halogens is 1. The van der Waals surface area contributed by atoms with E-state index in [1.54, 1.807) is 14.2 Å². The van der Waals surface area contributed by atoms with Gasteiger partial charge in [-0.3, -0.25) is 0 Å². The van der Waals surface area contributed by atoms with E-state index in [1.807, 2.05) is 24.3 Å². The van der Waals surface area contributed by atoms with Crippen molar-refractivity contribution >= 4 is 29.9 Å². The molecule has 0 saturated carbocycles. The summed E-state index contributed by atoms with van der Waals surface area (Å²) < 4.78 is 15.7. The number of guanidine groups is 1. The first kappa shape index (κ1) is 23.9. The zero-order valence-corrected chi connectivity index (χ0v) is 17.9. The minimum atomic E-state index is 0. The molecule has 1 rings (SSSR count). The smallest absolute Gasteiger partial charge is 0.191 e. The van der Waals surface area contributed by atoms with Crippen LogP contribution in [-0.4, -0.2) is 53.1 Å². The highest BCUT2D eigenvalue weighted by Crippen LogP contribution is 2.17. The van der Waals surface area contributed by atoms with E-state index in [0.717, 1.165) is 49.8 Å². The molecule has 2 N–H and O–H groups in total. The maximum absolute atomic E-state index is 5.45. The van der Waals surface area contributed by atoms with Gasteiger partial charge in [0.05, 0.1) is 26.9 Å². The van der Waals surface area contributed by atoms with Crippen LogP contribution in [0.5, 0.6) is 5.75 Å². The summed E-state index contributed by atoms with van der Waals surface area (Å²) in [6.45, 7) is 6.41. The average Bonchev–Trinajstić information content (AvgIpc) is 2.62. The maximum atomic E-state index is 5.45. The number of nitrogens with one attached hydrogen (secondary N) is 2. The fourth-order valence-corrected chi connectivity index (χ4v) is 2.12. The normalized spacial score (nSPS) is 10.9. The molecule has 0 aliphatic carbocycles. The number of benzene rings is 1. The van der Waals surface area contributed by atoms with E-state index in [9.17, 15) is 0 Å². The molecule has 1 aromatic rings. The monoisotopic (exact) mass is 465 g/mol. The van der Waals surface area contributed by atoms with Crippen molar-refractivity contribution in [3.8, 4) is 5.75 Å². The molecule has 6 nitrogen and oxygen atoms in total. The van der Waals surface area contributed by atoms with Crippen LogP contribution in [0, 0.1) is 0 Å². The molecule has 0 radical (unpaired) electrons. The molecule has 144 valence electrons. The van der Waals surface area contributed by atoms with Crippen molar-refractivity contribution in [3.05, 3.63) is 29.8 Å². The number of unbranched alkanes of at least 4 members (excludes halogenated alkanes) is 1.